The van der Waals surface area contributed by atoms with Crippen LogP contribution in [0.4, 0.5) is 13.2 Å². The third-order valence-corrected chi connectivity index (χ3v) is 2.13. The largest absolute Gasteiger partial charge is 0.481 e. The van der Waals surface area contributed by atoms with Gasteiger partial charge >= 0.3 is 6.18 Å². The Bertz CT molecular complexity index is 394. The Morgan fingerprint density at radius 2 is 1.76 bits per heavy atom. The quantitative estimate of drug-likeness (QED) is 0.795. The molecule has 0 amide bonds. The van der Waals surface area contributed by atoms with E-state index in [1.807, 2.05) is 20.8 Å². The van der Waals surface area contributed by atoms with E-state index in [4.69, 9.17) is 4.74 Å². The highest BCUT2D eigenvalue weighted by Crippen LogP contribution is 2.35. The van der Waals surface area contributed by atoms with Gasteiger partial charge in [-0.3, -0.25) is 0 Å². The number of hydrogen-bond donors (Lipinski definition) is 0. The third kappa shape index (κ3) is 3.91. The maximum absolute atomic E-state index is 12.6. The van der Waals surface area contributed by atoms with Crippen molar-refractivity contribution in [2.24, 2.45) is 5.41 Å². The van der Waals surface area contributed by atoms with Crippen molar-refractivity contribution < 1.29 is 17.9 Å². The van der Waals surface area contributed by atoms with Gasteiger partial charge in [0.2, 0.25) is 5.88 Å². The summed E-state index contributed by atoms with van der Waals surface area (Å²) in [5.74, 6) is -0.362. The Morgan fingerprint density at radius 3 is 2.18 bits per heavy atom. The van der Waals surface area contributed by atoms with Crippen LogP contribution in [0, 0.1) is 5.41 Å². The summed E-state index contributed by atoms with van der Waals surface area (Å²) in [7, 11) is 1.19. The molecule has 96 valence electrons. The fourth-order valence-corrected chi connectivity index (χ4v) is 1.49. The van der Waals surface area contributed by atoms with Gasteiger partial charge in [0.15, 0.2) is 0 Å². The molecule has 5 heteroatoms. The lowest BCUT2D eigenvalue weighted by atomic mass is 9.90. The zero-order valence-corrected chi connectivity index (χ0v) is 10.4. The Labute approximate surface area is 98.8 Å². The highest BCUT2D eigenvalue weighted by Gasteiger charge is 2.35. The van der Waals surface area contributed by atoms with Gasteiger partial charge in [0.05, 0.1) is 7.11 Å². The van der Waals surface area contributed by atoms with Gasteiger partial charge < -0.3 is 4.74 Å². The molecule has 0 saturated carbocycles. The van der Waals surface area contributed by atoms with Crippen molar-refractivity contribution in [1.82, 2.24) is 4.98 Å². The van der Waals surface area contributed by atoms with Crippen LogP contribution in [0.5, 0.6) is 5.88 Å². The topological polar surface area (TPSA) is 22.1 Å². The average Bonchev–Trinajstić information content (AvgIpc) is 2.13. The summed E-state index contributed by atoms with van der Waals surface area (Å²) in [6.45, 7) is 6.00. The number of aromatic nitrogens is 1. The molecule has 1 aromatic heterocycles. The zero-order chi connectivity index (χ0) is 13.3. The predicted octanol–water partition coefficient (Wildman–Crippen LogP) is 3.70. The monoisotopic (exact) mass is 247 g/mol. The van der Waals surface area contributed by atoms with Crippen LogP contribution in [0.2, 0.25) is 0 Å². The first-order chi connectivity index (χ1) is 7.63. The minimum absolute atomic E-state index is 0.0300. The number of halogens is 3. The maximum atomic E-state index is 12.6. The van der Waals surface area contributed by atoms with Crippen molar-refractivity contribution in [3.63, 3.8) is 0 Å². The van der Waals surface area contributed by atoms with Crippen LogP contribution >= 0.6 is 0 Å². The minimum Gasteiger partial charge on any atom is -0.481 e. The summed E-state index contributed by atoms with van der Waals surface area (Å²) in [5, 5.41) is 0. The van der Waals surface area contributed by atoms with Crippen LogP contribution in [0.3, 0.4) is 0 Å². The molecule has 1 aromatic rings. The molecule has 1 rings (SSSR count). The highest BCUT2D eigenvalue weighted by molar-refractivity contribution is 5.31. The van der Waals surface area contributed by atoms with Crippen molar-refractivity contribution in [3.8, 4) is 5.88 Å². The number of rotatable bonds is 2. The van der Waals surface area contributed by atoms with Crippen molar-refractivity contribution in [2.45, 2.75) is 33.4 Å². The molecule has 0 aliphatic heterocycles. The molecular formula is C12H16F3NO. The highest BCUT2D eigenvalue weighted by atomic mass is 19.4. The Kier molecular flexibility index (Phi) is 3.69. The van der Waals surface area contributed by atoms with Crippen LogP contribution < -0.4 is 4.74 Å². The standard InChI is InChI=1S/C12H16F3NO/c1-11(2,3)7-8-5-6-9(12(13,14)15)10(16-8)17-4/h5-6H,7H2,1-4H3. The molecule has 0 aliphatic rings. The van der Waals surface area contributed by atoms with Gasteiger partial charge in [-0.2, -0.15) is 13.2 Å². The molecule has 1 heterocycles. The summed E-state index contributed by atoms with van der Waals surface area (Å²) < 4.78 is 42.5. The summed E-state index contributed by atoms with van der Waals surface area (Å²) in [5.41, 5.74) is -0.266. The van der Waals surface area contributed by atoms with Crippen LogP contribution in [-0.2, 0) is 12.6 Å². The zero-order valence-electron chi connectivity index (χ0n) is 10.4. The average molecular weight is 247 g/mol. The van der Waals surface area contributed by atoms with E-state index >= 15 is 0 Å². The Hall–Kier alpha value is -1.26. The fraction of sp³-hybridized carbons (Fsp3) is 0.583. The lowest BCUT2D eigenvalue weighted by Gasteiger charge is -2.18. The van der Waals surface area contributed by atoms with Crippen LogP contribution in [0.25, 0.3) is 0 Å². The van der Waals surface area contributed by atoms with E-state index in [1.54, 1.807) is 0 Å². The molecule has 0 saturated heterocycles. The fourth-order valence-electron chi connectivity index (χ4n) is 1.49. The molecular weight excluding hydrogens is 231 g/mol. The minimum atomic E-state index is -4.43. The van der Waals surface area contributed by atoms with Crippen LogP contribution in [0.1, 0.15) is 32.0 Å². The van der Waals surface area contributed by atoms with E-state index in [1.165, 1.54) is 13.2 Å². The normalized spacial score (nSPS) is 12.6. The molecule has 0 fully saturated rings. The SMILES string of the molecule is COc1nc(CC(C)(C)C)ccc1C(F)(F)F. The van der Waals surface area contributed by atoms with Crippen molar-refractivity contribution >= 4 is 0 Å². The number of ether oxygens (including phenoxy) is 1. The maximum Gasteiger partial charge on any atom is 0.421 e. The number of alkyl halides is 3. The number of nitrogens with zero attached hydrogens (tertiary/aromatic N) is 1. The van der Waals surface area contributed by atoms with E-state index in [0.717, 1.165) is 6.07 Å². The van der Waals surface area contributed by atoms with Gasteiger partial charge in [0.25, 0.3) is 0 Å². The number of hydrogen-bond acceptors (Lipinski definition) is 2. The second kappa shape index (κ2) is 4.55. The lowest BCUT2D eigenvalue weighted by Crippen LogP contribution is -2.13. The first-order valence-electron chi connectivity index (χ1n) is 5.24. The summed E-state index contributed by atoms with van der Waals surface area (Å²) >= 11 is 0. The van der Waals surface area contributed by atoms with Gasteiger partial charge in [-0.15, -0.1) is 0 Å². The molecule has 2 nitrogen and oxygen atoms in total. The first kappa shape index (κ1) is 13.8. The molecule has 0 bridgehead atoms. The van der Waals surface area contributed by atoms with E-state index in [0.29, 0.717) is 12.1 Å². The van der Waals surface area contributed by atoms with Crippen molar-refractivity contribution in [1.29, 1.82) is 0 Å². The van der Waals surface area contributed by atoms with Gasteiger partial charge in [0, 0.05) is 5.69 Å². The molecule has 17 heavy (non-hydrogen) atoms. The molecule has 0 aromatic carbocycles. The van der Waals surface area contributed by atoms with Gasteiger partial charge in [-0.05, 0) is 24.0 Å². The lowest BCUT2D eigenvalue weighted by molar-refractivity contribution is -0.139. The molecule has 0 aliphatic carbocycles. The van der Waals surface area contributed by atoms with E-state index in [2.05, 4.69) is 4.98 Å². The molecule has 0 atom stereocenters. The van der Waals surface area contributed by atoms with E-state index < -0.39 is 11.7 Å². The Morgan fingerprint density at radius 1 is 1.18 bits per heavy atom. The molecule has 0 N–H and O–H groups in total. The second-order valence-corrected chi connectivity index (χ2v) is 5.09. The molecule has 0 unspecified atom stereocenters. The van der Waals surface area contributed by atoms with Crippen LogP contribution in [0.15, 0.2) is 12.1 Å². The van der Waals surface area contributed by atoms with Gasteiger partial charge in [-0.25, -0.2) is 4.98 Å². The predicted molar refractivity (Wildman–Crippen MR) is 59.0 cm³/mol. The number of methoxy groups -OCH3 is 1. The smallest absolute Gasteiger partial charge is 0.421 e. The van der Waals surface area contributed by atoms with Crippen molar-refractivity contribution in [2.75, 3.05) is 7.11 Å². The van der Waals surface area contributed by atoms with Gasteiger partial charge in [-0.1, -0.05) is 20.8 Å². The summed E-state index contributed by atoms with van der Waals surface area (Å²) in [6.07, 6.45) is -3.83. The third-order valence-electron chi connectivity index (χ3n) is 2.13. The Balaban J connectivity index is 3.09. The molecule has 0 spiro atoms. The molecule has 0 radical (unpaired) electrons. The number of pyridine rings is 1. The van der Waals surface area contributed by atoms with Crippen LogP contribution in [-0.4, -0.2) is 12.1 Å². The van der Waals surface area contributed by atoms with E-state index in [9.17, 15) is 13.2 Å². The second-order valence-electron chi connectivity index (χ2n) is 5.09. The summed E-state index contributed by atoms with van der Waals surface area (Å²) in [4.78, 5) is 3.90. The summed E-state index contributed by atoms with van der Waals surface area (Å²) in [6, 6.07) is 2.42. The first-order valence-corrected chi connectivity index (χ1v) is 5.24. The van der Waals surface area contributed by atoms with E-state index in [-0.39, 0.29) is 11.3 Å². The van der Waals surface area contributed by atoms with Crippen molar-refractivity contribution in [3.05, 3.63) is 23.4 Å². The van der Waals surface area contributed by atoms with Gasteiger partial charge in [0.1, 0.15) is 5.56 Å².